The molecule has 1 aromatic heterocycles. The molecule has 2 aromatic rings. The predicted octanol–water partition coefficient (Wildman–Crippen LogP) is 1.70. The molecule has 1 saturated carbocycles. The summed E-state index contributed by atoms with van der Waals surface area (Å²) in [5.41, 5.74) is -0.722. The topological polar surface area (TPSA) is 118 Å². The van der Waals surface area contributed by atoms with Crippen molar-refractivity contribution in [1.82, 2.24) is 15.0 Å². The average Bonchev–Trinajstić information content (AvgIpc) is 3.35. The monoisotopic (exact) mass is 421 g/mol. The van der Waals surface area contributed by atoms with Gasteiger partial charge in [-0.05, 0) is 31.0 Å². The van der Waals surface area contributed by atoms with Crippen molar-refractivity contribution in [3.63, 3.8) is 0 Å². The molecule has 144 valence electrons. The van der Waals surface area contributed by atoms with Crippen molar-refractivity contribution in [2.45, 2.75) is 31.7 Å². The highest BCUT2D eigenvalue weighted by molar-refractivity contribution is 7.32. The molecule has 9 nitrogen and oxygen atoms in total. The van der Waals surface area contributed by atoms with Gasteiger partial charge in [0, 0.05) is 21.1 Å². The Morgan fingerprint density at radius 1 is 1.43 bits per heavy atom. The number of amides is 1. The number of benzene rings is 1. The lowest BCUT2D eigenvalue weighted by Gasteiger charge is -2.17. The lowest BCUT2D eigenvalue weighted by Crippen LogP contribution is -2.39. The fraction of sp³-hybridized carbons (Fsp3) is 0.353. The number of aromatic nitrogens is 3. The molecule has 2 unspecified atom stereocenters. The van der Waals surface area contributed by atoms with Gasteiger partial charge < -0.3 is 10.0 Å². The predicted molar refractivity (Wildman–Crippen MR) is 98.0 cm³/mol. The molecule has 0 saturated heterocycles. The van der Waals surface area contributed by atoms with Crippen LogP contribution in [-0.2, 0) is 32.8 Å². The van der Waals surface area contributed by atoms with Crippen LogP contribution in [-0.4, -0.2) is 30.9 Å². The van der Waals surface area contributed by atoms with E-state index in [-0.39, 0.29) is 19.2 Å². The first-order valence-electron chi connectivity index (χ1n) is 8.42. The molecule has 1 aromatic carbocycles. The standard InChI is InChI=1S/C17H14ClN4O5P/c18-12-3-4-15-14(7-12)17(24,6-5-11-1-2-11)16(23)22(15)9-13-8-21(20-19-13)10-27-28(25)26/h3-4,7-8,11,24H,1-2,9-10H2/p+1. The second kappa shape index (κ2) is 7.24. The molecule has 11 heteroatoms. The Morgan fingerprint density at radius 2 is 2.21 bits per heavy atom. The van der Waals surface area contributed by atoms with E-state index in [4.69, 9.17) is 16.5 Å². The van der Waals surface area contributed by atoms with Gasteiger partial charge in [0.25, 0.3) is 5.91 Å². The summed E-state index contributed by atoms with van der Waals surface area (Å²) in [5.74, 6) is 5.33. The molecular weight excluding hydrogens is 407 g/mol. The van der Waals surface area contributed by atoms with Gasteiger partial charge in [0.15, 0.2) is 6.73 Å². The maximum absolute atomic E-state index is 13.0. The minimum absolute atomic E-state index is 0.0339. The van der Waals surface area contributed by atoms with Crippen LogP contribution >= 0.6 is 19.9 Å². The maximum atomic E-state index is 13.0. The van der Waals surface area contributed by atoms with Gasteiger partial charge in [-0.25, -0.2) is 4.68 Å². The van der Waals surface area contributed by atoms with Crippen molar-refractivity contribution in [1.29, 1.82) is 0 Å². The Bertz CT molecular complexity index is 1030. The molecule has 2 aliphatic rings. The zero-order chi connectivity index (χ0) is 19.9. The number of hydrogen-bond acceptors (Lipinski definition) is 6. The van der Waals surface area contributed by atoms with Crippen molar-refractivity contribution in [3.05, 3.63) is 40.7 Å². The highest BCUT2D eigenvalue weighted by Crippen LogP contribution is 2.42. The normalized spacial score (nSPS) is 21.3. The number of hydrogen-bond donors (Lipinski definition) is 2. The van der Waals surface area contributed by atoms with E-state index in [9.17, 15) is 14.5 Å². The van der Waals surface area contributed by atoms with Crippen LogP contribution < -0.4 is 4.90 Å². The maximum Gasteiger partial charge on any atom is 0.696 e. The summed E-state index contributed by atoms with van der Waals surface area (Å²) in [5, 5.41) is 19.2. The first kappa shape index (κ1) is 19.0. The first-order chi connectivity index (χ1) is 13.4. The van der Waals surface area contributed by atoms with Crippen LogP contribution in [0.15, 0.2) is 24.4 Å². The minimum atomic E-state index is -2.75. The van der Waals surface area contributed by atoms with Gasteiger partial charge in [-0.15, -0.1) is 9.99 Å². The smallest absolute Gasteiger partial charge is 0.366 e. The molecule has 2 heterocycles. The van der Waals surface area contributed by atoms with Crippen molar-refractivity contribution in [3.8, 4) is 11.8 Å². The van der Waals surface area contributed by atoms with Gasteiger partial charge in [0.05, 0.1) is 18.4 Å². The average molecular weight is 422 g/mol. The Morgan fingerprint density at radius 3 is 2.93 bits per heavy atom. The number of carbonyl (C=O) groups excluding carboxylic acids is 1. The van der Waals surface area contributed by atoms with Gasteiger partial charge in [-0.1, -0.05) is 33.2 Å². The van der Waals surface area contributed by atoms with Gasteiger partial charge in [0.1, 0.15) is 5.69 Å². The van der Waals surface area contributed by atoms with Gasteiger partial charge in [-0.3, -0.25) is 4.79 Å². The van der Waals surface area contributed by atoms with Crippen molar-refractivity contribution >= 4 is 31.5 Å². The highest BCUT2D eigenvalue weighted by Gasteiger charge is 2.49. The fourth-order valence-electron chi connectivity index (χ4n) is 2.91. The SMILES string of the molecule is O=C1N(Cc2cn(CO[P+](=O)O)nn2)c2ccc(Cl)cc2C1(O)C#CC1CC1. The van der Waals surface area contributed by atoms with E-state index >= 15 is 0 Å². The van der Waals surface area contributed by atoms with Crippen LogP contribution in [0.3, 0.4) is 0 Å². The molecule has 2 N–H and O–H groups in total. The summed E-state index contributed by atoms with van der Waals surface area (Å²) in [6, 6.07) is 4.82. The van der Waals surface area contributed by atoms with E-state index in [1.54, 1.807) is 18.2 Å². The summed E-state index contributed by atoms with van der Waals surface area (Å²) in [7, 11) is -2.75. The van der Waals surface area contributed by atoms with Crippen LogP contribution in [0, 0.1) is 17.8 Å². The molecular formula is C17H15ClN4O5P+. The van der Waals surface area contributed by atoms with Crippen LogP contribution in [0.5, 0.6) is 0 Å². The number of fused-ring (bicyclic) bond motifs is 1. The van der Waals surface area contributed by atoms with Gasteiger partial charge in [-0.2, -0.15) is 0 Å². The van der Waals surface area contributed by atoms with Crippen molar-refractivity contribution in [2.24, 2.45) is 5.92 Å². The second-order valence-corrected chi connectivity index (χ2v) is 7.72. The third kappa shape index (κ3) is 3.65. The molecule has 1 aliphatic carbocycles. The van der Waals surface area contributed by atoms with E-state index in [1.165, 1.54) is 15.8 Å². The van der Waals surface area contributed by atoms with Crippen LogP contribution in [0.4, 0.5) is 5.69 Å². The minimum Gasteiger partial charge on any atom is -0.366 e. The molecule has 1 aliphatic heterocycles. The fourth-order valence-corrected chi connectivity index (χ4v) is 3.30. The zero-order valence-electron chi connectivity index (χ0n) is 14.4. The third-order valence-corrected chi connectivity index (χ3v) is 5.01. The van der Waals surface area contributed by atoms with E-state index in [0.717, 1.165) is 12.8 Å². The van der Waals surface area contributed by atoms with Crippen LogP contribution in [0.2, 0.25) is 5.02 Å². The molecule has 2 atom stereocenters. The molecule has 4 rings (SSSR count). The van der Waals surface area contributed by atoms with E-state index in [1.807, 2.05) is 0 Å². The van der Waals surface area contributed by atoms with Crippen LogP contribution in [0.25, 0.3) is 0 Å². The summed E-state index contributed by atoms with van der Waals surface area (Å²) in [4.78, 5) is 23.1. The Balaban J connectivity index is 1.62. The number of aliphatic hydroxyl groups is 1. The molecule has 1 amide bonds. The zero-order valence-corrected chi connectivity index (χ0v) is 16.1. The highest BCUT2D eigenvalue weighted by atomic mass is 35.5. The third-order valence-electron chi connectivity index (χ3n) is 4.44. The molecule has 28 heavy (non-hydrogen) atoms. The summed E-state index contributed by atoms with van der Waals surface area (Å²) in [6.45, 7) is -0.220. The quantitative estimate of drug-likeness (QED) is 0.557. The Labute approximate surface area is 165 Å². The molecule has 0 radical (unpaired) electrons. The van der Waals surface area contributed by atoms with Gasteiger partial charge >= 0.3 is 8.25 Å². The summed E-state index contributed by atoms with van der Waals surface area (Å²) in [6.07, 6.45) is 3.41. The first-order valence-corrected chi connectivity index (χ1v) is 9.93. The summed E-state index contributed by atoms with van der Waals surface area (Å²) < 4.78 is 16.4. The van der Waals surface area contributed by atoms with E-state index in [0.29, 0.717) is 22.0 Å². The number of nitrogens with zero attached hydrogens (tertiary/aromatic N) is 4. The lowest BCUT2D eigenvalue weighted by molar-refractivity contribution is -0.130. The largest absolute Gasteiger partial charge is 0.696 e. The van der Waals surface area contributed by atoms with E-state index in [2.05, 4.69) is 26.7 Å². The Hall–Kier alpha value is -2.34. The van der Waals surface area contributed by atoms with Gasteiger partial charge in [0.2, 0.25) is 5.60 Å². The Kier molecular flexibility index (Phi) is 4.91. The lowest BCUT2D eigenvalue weighted by atomic mass is 9.96. The molecule has 1 fully saturated rings. The number of anilines is 1. The number of halogens is 1. The second-order valence-electron chi connectivity index (χ2n) is 6.55. The number of carbonyl (C=O) groups is 1. The molecule has 0 bridgehead atoms. The van der Waals surface area contributed by atoms with Crippen molar-refractivity contribution < 1.29 is 23.9 Å². The van der Waals surface area contributed by atoms with Crippen LogP contribution in [0.1, 0.15) is 24.1 Å². The summed E-state index contributed by atoms with van der Waals surface area (Å²) >= 11 is 6.07. The van der Waals surface area contributed by atoms with E-state index < -0.39 is 19.8 Å². The van der Waals surface area contributed by atoms with Crippen molar-refractivity contribution in [2.75, 3.05) is 4.90 Å². The molecule has 0 spiro atoms. The number of rotatable bonds is 5.